The average Bonchev–Trinajstić information content (AvgIpc) is 3.78. The molecule has 13 rings (SSSR count). The van der Waals surface area contributed by atoms with Crippen LogP contribution in [-0.2, 0) is 0 Å². The highest BCUT2D eigenvalue weighted by atomic mass is 15.1. The highest BCUT2D eigenvalue weighted by Crippen LogP contribution is 2.44. The zero-order valence-electron chi connectivity index (χ0n) is 38.5. The van der Waals surface area contributed by atoms with Crippen LogP contribution in [0.25, 0.3) is 105 Å². The smallest absolute Gasteiger partial charge is 0.0553 e. The molecule has 0 bridgehead atoms. The number of hydrogen-bond acceptors (Lipinski definition) is 1. The summed E-state index contributed by atoms with van der Waals surface area (Å²) in [6.07, 6.45) is 0. The second-order valence-corrected chi connectivity index (χ2v) is 18.1. The lowest BCUT2D eigenvalue weighted by molar-refractivity contribution is 1.18. The molecule has 0 spiro atoms. The highest BCUT2D eigenvalue weighted by molar-refractivity contribution is 6.17. The number of fused-ring (bicyclic) bond motifs is 6. The Morgan fingerprint density at radius 1 is 0.243 bits per heavy atom. The van der Waals surface area contributed by atoms with E-state index in [0.29, 0.717) is 0 Å². The van der Waals surface area contributed by atoms with Crippen molar-refractivity contribution in [1.29, 1.82) is 0 Å². The van der Waals surface area contributed by atoms with Gasteiger partial charge in [-0.25, -0.2) is 0 Å². The largest absolute Gasteiger partial charge is 0.310 e. The van der Waals surface area contributed by atoms with Crippen molar-refractivity contribution in [2.24, 2.45) is 0 Å². The summed E-state index contributed by atoms with van der Waals surface area (Å²) in [5.41, 5.74) is 18.6. The first-order valence-corrected chi connectivity index (χ1v) is 24.1. The van der Waals surface area contributed by atoms with E-state index >= 15 is 0 Å². The summed E-state index contributed by atoms with van der Waals surface area (Å²) in [6, 6.07) is 102. The molecule has 0 amide bonds. The Morgan fingerprint density at radius 3 is 1.40 bits per heavy atom. The second-order valence-electron chi connectivity index (χ2n) is 18.1. The molecule has 12 aromatic carbocycles. The van der Waals surface area contributed by atoms with Crippen LogP contribution >= 0.6 is 0 Å². The fourth-order valence-electron chi connectivity index (χ4n) is 10.5. The number of anilines is 3. The molecule has 328 valence electrons. The Hall–Kier alpha value is -9.24. The summed E-state index contributed by atoms with van der Waals surface area (Å²) < 4.78 is 2.42. The van der Waals surface area contributed by atoms with Gasteiger partial charge < -0.3 is 9.47 Å². The number of nitrogens with zero attached hydrogens (tertiary/aromatic N) is 2. The predicted octanol–water partition coefficient (Wildman–Crippen LogP) is 18.9. The van der Waals surface area contributed by atoms with Crippen molar-refractivity contribution < 1.29 is 0 Å². The Labute approximate surface area is 408 Å². The van der Waals surface area contributed by atoms with Gasteiger partial charge in [0.1, 0.15) is 0 Å². The zero-order valence-corrected chi connectivity index (χ0v) is 38.5. The Morgan fingerprint density at radius 2 is 0.729 bits per heavy atom. The molecule has 0 saturated carbocycles. The van der Waals surface area contributed by atoms with Crippen LogP contribution in [0.1, 0.15) is 0 Å². The maximum atomic E-state index is 2.42. The molecule has 0 N–H and O–H groups in total. The lowest BCUT2D eigenvalue weighted by atomic mass is 9.94. The third-order valence-corrected chi connectivity index (χ3v) is 14.0. The fraction of sp³-hybridized carbons (Fsp3) is 0. The first-order valence-electron chi connectivity index (χ1n) is 24.1. The van der Waals surface area contributed by atoms with Gasteiger partial charge in [0, 0.05) is 33.5 Å². The molecule has 1 heterocycles. The summed E-state index contributed by atoms with van der Waals surface area (Å²) >= 11 is 0. The minimum atomic E-state index is 1.08. The van der Waals surface area contributed by atoms with Gasteiger partial charge in [-0.15, -0.1) is 0 Å². The molecule has 0 radical (unpaired) electrons. The van der Waals surface area contributed by atoms with E-state index in [0.717, 1.165) is 28.3 Å². The molecule has 0 aliphatic carbocycles. The van der Waals surface area contributed by atoms with E-state index in [-0.39, 0.29) is 0 Å². The Balaban J connectivity index is 0.948. The molecule has 0 aliphatic heterocycles. The molecule has 2 heteroatoms. The van der Waals surface area contributed by atoms with Gasteiger partial charge >= 0.3 is 0 Å². The lowest BCUT2D eigenvalue weighted by Crippen LogP contribution is -2.10. The van der Waals surface area contributed by atoms with Crippen LogP contribution in [-0.4, -0.2) is 4.57 Å². The molecule has 13 aromatic rings. The van der Waals surface area contributed by atoms with Gasteiger partial charge in [-0.05, 0) is 150 Å². The van der Waals surface area contributed by atoms with Crippen molar-refractivity contribution >= 4 is 60.4 Å². The summed E-state index contributed by atoms with van der Waals surface area (Å²) in [6.45, 7) is 0. The van der Waals surface area contributed by atoms with Crippen molar-refractivity contribution in [3.8, 4) is 61.3 Å². The van der Waals surface area contributed by atoms with Crippen molar-refractivity contribution in [3.05, 3.63) is 279 Å². The monoisotopic (exact) mass is 890 g/mol. The SMILES string of the molecule is c1ccc(-c2ccc(-c3ccc(N(c4ccc(-c5ccc6c(ccc7ccccc76)c5)cc4)c4cccc(-c5cc(-c6ccccc6)cc6c5c5ccccc5n6-c5ccccc5)c4)cc3)cc2)cc1. The Bertz CT molecular complexity index is 4000. The minimum absolute atomic E-state index is 1.08. The normalized spacial score (nSPS) is 11.4. The van der Waals surface area contributed by atoms with Crippen LogP contribution in [0.3, 0.4) is 0 Å². The van der Waals surface area contributed by atoms with Gasteiger partial charge in [-0.3, -0.25) is 0 Å². The van der Waals surface area contributed by atoms with Crippen LogP contribution in [0.5, 0.6) is 0 Å². The molecule has 0 fully saturated rings. The van der Waals surface area contributed by atoms with Crippen LogP contribution in [0.2, 0.25) is 0 Å². The first-order chi connectivity index (χ1) is 34.7. The zero-order chi connectivity index (χ0) is 46.4. The molecule has 1 aromatic heterocycles. The van der Waals surface area contributed by atoms with Gasteiger partial charge in [0.15, 0.2) is 0 Å². The predicted molar refractivity (Wildman–Crippen MR) is 298 cm³/mol. The number of rotatable bonds is 9. The first kappa shape index (κ1) is 41.0. The quantitative estimate of drug-likeness (QED) is 0.131. The number of para-hydroxylation sites is 2. The van der Waals surface area contributed by atoms with Crippen LogP contribution in [0, 0.1) is 0 Å². The average molecular weight is 891 g/mol. The molecule has 70 heavy (non-hydrogen) atoms. The topological polar surface area (TPSA) is 8.17 Å². The fourth-order valence-corrected chi connectivity index (χ4v) is 10.5. The highest BCUT2D eigenvalue weighted by Gasteiger charge is 2.20. The maximum absolute atomic E-state index is 2.42. The summed E-state index contributed by atoms with van der Waals surface area (Å²) in [7, 11) is 0. The third-order valence-electron chi connectivity index (χ3n) is 14.0. The van der Waals surface area contributed by atoms with Gasteiger partial charge in [-0.2, -0.15) is 0 Å². The van der Waals surface area contributed by atoms with Crippen LogP contribution < -0.4 is 4.90 Å². The van der Waals surface area contributed by atoms with Crippen molar-refractivity contribution in [1.82, 2.24) is 4.57 Å². The molecule has 0 aliphatic rings. The molecule has 0 atom stereocenters. The van der Waals surface area contributed by atoms with Crippen LogP contribution in [0.15, 0.2) is 279 Å². The number of aromatic nitrogens is 1. The number of hydrogen-bond donors (Lipinski definition) is 0. The molecular weight excluding hydrogens is 845 g/mol. The van der Waals surface area contributed by atoms with E-state index in [4.69, 9.17) is 0 Å². The summed E-state index contributed by atoms with van der Waals surface area (Å²) in [5, 5.41) is 7.52. The summed E-state index contributed by atoms with van der Waals surface area (Å²) in [5.74, 6) is 0. The van der Waals surface area contributed by atoms with Gasteiger partial charge in [0.25, 0.3) is 0 Å². The Kier molecular flexibility index (Phi) is 10.2. The maximum Gasteiger partial charge on any atom is 0.0553 e. The van der Waals surface area contributed by atoms with Crippen molar-refractivity contribution in [3.63, 3.8) is 0 Å². The van der Waals surface area contributed by atoms with Gasteiger partial charge in [0.05, 0.1) is 11.0 Å². The van der Waals surface area contributed by atoms with E-state index in [9.17, 15) is 0 Å². The minimum Gasteiger partial charge on any atom is -0.310 e. The van der Waals surface area contributed by atoms with E-state index in [1.54, 1.807) is 0 Å². The molecular formula is C68H46N2. The van der Waals surface area contributed by atoms with Crippen molar-refractivity contribution in [2.75, 3.05) is 4.90 Å². The molecule has 0 unspecified atom stereocenters. The standard InChI is InChI=1S/C68H46N2/c1-4-15-47(16-5-1)49-27-29-50(30-28-49)51-33-38-59(39-34-51)69(60-40-35-52(36-41-60)54-37-42-63-56(43-54)32-31-53-19-10-11-24-62(53)63)61-23-14-20-55(44-61)65-45-57(48-17-6-2-7-18-48)46-67-68(65)64-25-12-13-26-66(64)70(67)58-21-8-3-9-22-58/h1-46H. The van der Waals surface area contributed by atoms with E-state index in [2.05, 4.69) is 289 Å². The molecule has 0 saturated heterocycles. The molecule has 2 nitrogen and oxygen atoms in total. The van der Waals surface area contributed by atoms with Gasteiger partial charge in [0.2, 0.25) is 0 Å². The van der Waals surface area contributed by atoms with Crippen LogP contribution in [0.4, 0.5) is 17.1 Å². The van der Waals surface area contributed by atoms with Gasteiger partial charge in [-0.1, -0.05) is 206 Å². The second kappa shape index (κ2) is 17.4. The van der Waals surface area contributed by atoms with E-state index < -0.39 is 0 Å². The third kappa shape index (κ3) is 7.40. The van der Waals surface area contributed by atoms with E-state index in [1.807, 2.05) is 0 Å². The van der Waals surface area contributed by atoms with E-state index in [1.165, 1.54) is 93.4 Å². The summed E-state index contributed by atoms with van der Waals surface area (Å²) in [4.78, 5) is 2.40. The number of benzene rings is 12. The van der Waals surface area contributed by atoms with Crippen molar-refractivity contribution in [2.45, 2.75) is 0 Å². The lowest BCUT2D eigenvalue weighted by Gasteiger charge is -2.26.